The molecule has 0 aliphatic carbocycles. The minimum Gasteiger partial charge on any atom is -0.412 e. The predicted octanol–water partition coefficient (Wildman–Crippen LogP) is -1.30. The topological polar surface area (TPSA) is 164 Å². The zero-order valence-electron chi connectivity index (χ0n) is 3.84. The first-order chi connectivity index (χ1) is 3.46. The second kappa shape index (κ2) is 9.61. The van der Waals surface area contributed by atoms with E-state index in [2.05, 4.69) is 0 Å². The maximum Gasteiger partial charge on any atom is 0.0689 e. The van der Waals surface area contributed by atoms with Crippen LogP contribution in [0.2, 0.25) is 0 Å². The van der Waals surface area contributed by atoms with Gasteiger partial charge in [0, 0.05) is 0 Å². The molecular weight excluding hydrogens is 140 g/mol. The van der Waals surface area contributed by atoms with Crippen LogP contribution in [0.4, 0.5) is 0 Å². The molecule has 0 saturated carbocycles. The van der Waals surface area contributed by atoms with Gasteiger partial charge in [0.15, 0.2) is 0 Å². The molecule has 9 heteroatoms. The van der Waals surface area contributed by atoms with Crippen LogP contribution in [0.15, 0.2) is 0 Å². The second-order valence-electron chi connectivity index (χ2n) is 0.447. The van der Waals surface area contributed by atoms with Crippen LogP contribution >= 0.6 is 0 Å². The van der Waals surface area contributed by atoms with Crippen LogP contribution in [-0.4, -0.2) is 15.6 Å². The highest BCUT2D eigenvalue weighted by atomic mass is 16.9. The van der Waals surface area contributed by atoms with E-state index >= 15 is 0 Å². The largest absolute Gasteiger partial charge is 0.412 e. The van der Waals surface area contributed by atoms with E-state index in [0.29, 0.717) is 0 Å². The summed E-state index contributed by atoms with van der Waals surface area (Å²) in [7, 11) is 0. The SMILES string of the molecule is O.O=[N+]([O-])[O-].O=[N+]([O-])[O-]. The van der Waals surface area contributed by atoms with E-state index in [1.807, 2.05) is 0 Å². The van der Waals surface area contributed by atoms with Crippen molar-refractivity contribution in [2.24, 2.45) is 0 Å². The van der Waals surface area contributed by atoms with E-state index in [1.54, 1.807) is 0 Å². The van der Waals surface area contributed by atoms with Gasteiger partial charge in [0.25, 0.3) is 0 Å². The smallest absolute Gasteiger partial charge is 0.0689 e. The maximum atomic E-state index is 8.25. The van der Waals surface area contributed by atoms with Gasteiger partial charge in [-0.15, -0.1) is 0 Å². The van der Waals surface area contributed by atoms with Gasteiger partial charge in [-0.1, -0.05) is 0 Å². The average molecular weight is 142 g/mol. The summed E-state index contributed by atoms with van der Waals surface area (Å²) in [6, 6.07) is 0. The normalized spacial score (nSPS) is 5.33. The Balaban J connectivity index is -0.0000000720. The third-order valence-electron chi connectivity index (χ3n) is 0. The van der Waals surface area contributed by atoms with Crippen molar-refractivity contribution in [1.29, 1.82) is 0 Å². The second-order valence-corrected chi connectivity index (χ2v) is 0.447. The summed E-state index contributed by atoms with van der Waals surface area (Å²) >= 11 is 0. The third kappa shape index (κ3) is 45.0. The van der Waals surface area contributed by atoms with Gasteiger partial charge in [-0.25, -0.2) is 0 Å². The fourth-order valence-electron chi connectivity index (χ4n) is 0. The van der Waals surface area contributed by atoms with E-state index in [-0.39, 0.29) is 5.48 Å². The molecule has 0 bridgehead atoms. The minimum atomic E-state index is -1.75. The zero-order valence-corrected chi connectivity index (χ0v) is 3.84. The van der Waals surface area contributed by atoms with Crippen LogP contribution in [0.3, 0.4) is 0 Å². The molecule has 2 N–H and O–H groups in total. The lowest BCUT2D eigenvalue weighted by Gasteiger charge is -1.74. The zero-order chi connectivity index (χ0) is 7.15. The Morgan fingerprint density at radius 1 is 0.778 bits per heavy atom. The van der Waals surface area contributed by atoms with Gasteiger partial charge in [0.1, 0.15) is 0 Å². The monoisotopic (exact) mass is 142 g/mol. The first-order valence-electron chi connectivity index (χ1n) is 1.10. The summed E-state index contributed by atoms with van der Waals surface area (Å²) in [5, 5.41) is 29.5. The van der Waals surface area contributed by atoms with Gasteiger partial charge < -0.3 is 36.1 Å². The predicted molar refractivity (Wildman–Crippen MR) is 24.3 cm³/mol. The molecule has 0 unspecified atom stereocenters. The molecule has 9 heavy (non-hydrogen) atoms. The highest BCUT2D eigenvalue weighted by Gasteiger charge is 1.46. The number of nitrogens with zero attached hydrogens (tertiary/aromatic N) is 2. The molecule has 9 nitrogen and oxygen atoms in total. The first kappa shape index (κ1) is 15.7. The van der Waals surface area contributed by atoms with Crippen LogP contribution in [0.25, 0.3) is 0 Å². The summed E-state index contributed by atoms with van der Waals surface area (Å²) in [4.78, 5) is 16.5. The number of hydrogen-bond donors (Lipinski definition) is 0. The Morgan fingerprint density at radius 3 is 0.778 bits per heavy atom. The lowest BCUT2D eigenvalue weighted by atomic mass is 13.1. The summed E-state index contributed by atoms with van der Waals surface area (Å²) < 4.78 is 0. The number of rotatable bonds is 0. The molecule has 0 aromatic carbocycles. The van der Waals surface area contributed by atoms with Crippen molar-refractivity contribution in [3.63, 3.8) is 0 Å². The van der Waals surface area contributed by atoms with Crippen molar-refractivity contribution in [2.75, 3.05) is 0 Å². The molecular formula is H2N2O7-2. The molecule has 0 radical (unpaired) electrons. The molecule has 0 saturated heterocycles. The van der Waals surface area contributed by atoms with E-state index in [1.165, 1.54) is 0 Å². The van der Waals surface area contributed by atoms with Crippen molar-refractivity contribution in [2.45, 2.75) is 0 Å². The van der Waals surface area contributed by atoms with Crippen LogP contribution in [0.5, 0.6) is 0 Å². The van der Waals surface area contributed by atoms with E-state index in [0.717, 1.165) is 0 Å². The summed E-state index contributed by atoms with van der Waals surface area (Å²) in [6.45, 7) is 0. The Bertz CT molecular complexity index is 64.9. The molecule has 0 fully saturated rings. The van der Waals surface area contributed by atoms with Crippen LogP contribution in [0.1, 0.15) is 0 Å². The minimum absolute atomic E-state index is 0. The van der Waals surface area contributed by atoms with Crippen LogP contribution in [-0.2, 0) is 0 Å². The fourth-order valence-corrected chi connectivity index (χ4v) is 0. The van der Waals surface area contributed by atoms with Crippen molar-refractivity contribution < 1.29 is 15.6 Å². The van der Waals surface area contributed by atoms with Gasteiger partial charge in [0.2, 0.25) is 0 Å². The Kier molecular flexibility index (Phi) is 16.7. The van der Waals surface area contributed by atoms with Crippen LogP contribution in [0, 0.1) is 30.6 Å². The van der Waals surface area contributed by atoms with Gasteiger partial charge >= 0.3 is 0 Å². The van der Waals surface area contributed by atoms with Gasteiger partial charge in [-0.05, 0) is 0 Å². The number of hydrogen-bond acceptors (Lipinski definition) is 6. The lowest BCUT2D eigenvalue weighted by molar-refractivity contribution is -0.403. The fraction of sp³-hybridized carbons (Fsp3) is 0. The summed E-state index contributed by atoms with van der Waals surface area (Å²) in [5.74, 6) is 0. The van der Waals surface area contributed by atoms with E-state index < -0.39 is 10.2 Å². The Morgan fingerprint density at radius 2 is 0.778 bits per heavy atom. The van der Waals surface area contributed by atoms with Crippen molar-refractivity contribution in [3.8, 4) is 0 Å². The lowest BCUT2D eigenvalue weighted by Crippen LogP contribution is -1.74. The molecule has 0 amide bonds. The third-order valence-corrected chi connectivity index (χ3v) is 0. The molecule has 0 atom stereocenters. The average Bonchev–Trinajstić information content (AvgIpc) is 1.25. The van der Waals surface area contributed by atoms with Crippen molar-refractivity contribution in [1.82, 2.24) is 0 Å². The van der Waals surface area contributed by atoms with Crippen molar-refractivity contribution in [3.05, 3.63) is 30.6 Å². The standard InChI is InChI=1S/2NO3.H2O/c2*2-1(3)4;/h;;1H2/q2*-1;. The van der Waals surface area contributed by atoms with Crippen LogP contribution < -0.4 is 0 Å². The van der Waals surface area contributed by atoms with Gasteiger partial charge in [0.05, 0.1) is 10.2 Å². The van der Waals surface area contributed by atoms with Gasteiger partial charge in [-0.2, -0.15) is 0 Å². The molecule has 0 aromatic rings. The molecule has 56 valence electrons. The van der Waals surface area contributed by atoms with E-state index in [4.69, 9.17) is 30.6 Å². The Labute approximate surface area is 47.7 Å². The molecule has 0 rings (SSSR count). The molecule has 0 aliphatic heterocycles. The molecule has 0 aliphatic rings. The van der Waals surface area contributed by atoms with Gasteiger partial charge in [-0.3, -0.25) is 0 Å². The van der Waals surface area contributed by atoms with Crippen molar-refractivity contribution >= 4 is 0 Å². The molecule has 0 aromatic heterocycles. The highest BCUT2D eigenvalue weighted by Crippen LogP contribution is 1.44. The molecule has 0 heterocycles. The summed E-state index contributed by atoms with van der Waals surface area (Å²) in [6.07, 6.45) is 0. The molecule has 0 spiro atoms. The maximum absolute atomic E-state index is 8.25. The highest BCUT2D eigenvalue weighted by molar-refractivity contribution is 4.04. The van der Waals surface area contributed by atoms with E-state index in [9.17, 15) is 0 Å². The summed E-state index contributed by atoms with van der Waals surface area (Å²) in [5.41, 5.74) is 0. The quantitative estimate of drug-likeness (QED) is 0.301. The first-order valence-corrected chi connectivity index (χ1v) is 1.10. The Hall–Kier alpha value is -1.64.